The molecule has 0 spiro atoms. The lowest BCUT2D eigenvalue weighted by Crippen LogP contribution is -2.54. The Morgan fingerprint density at radius 1 is 1.15 bits per heavy atom. The monoisotopic (exact) mass is 659 g/mol. The second-order valence-electron chi connectivity index (χ2n) is 11.9. The van der Waals surface area contributed by atoms with Gasteiger partial charge in [0.1, 0.15) is 22.1 Å². The van der Waals surface area contributed by atoms with Crippen molar-refractivity contribution in [3.63, 3.8) is 0 Å². The number of ether oxygens (including phenoxy) is 2. The molecule has 3 aromatic rings. The van der Waals surface area contributed by atoms with E-state index in [9.17, 15) is 22.8 Å². The molecule has 2 aromatic heterocycles. The highest BCUT2D eigenvalue weighted by molar-refractivity contribution is 8.00. The third kappa shape index (κ3) is 7.38. The summed E-state index contributed by atoms with van der Waals surface area (Å²) < 4.78 is 53.4. The number of methoxy groups -OCH3 is 1. The third-order valence-corrected chi connectivity index (χ3v) is 8.54. The maximum absolute atomic E-state index is 13.7. The lowest BCUT2D eigenvalue weighted by molar-refractivity contribution is -0.0330. The number of fused-ring (bicyclic) bond motifs is 3. The van der Waals surface area contributed by atoms with Crippen molar-refractivity contribution in [1.82, 2.24) is 24.6 Å². The van der Waals surface area contributed by atoms with E-state index < -0.39 is 11.1 Å². The quantitative estimate of drug-likeness (QED) is 0.223. The third-order valence-electron chi connectivity index (χ3n) is 7.72. The first-order chi connectivity index (χ1) is 21.8. The van der Waals surface area contributed by atoms with Gasteiger partial charge in [-0.15, -0.1) is 0 Å². The molecule has 3 atom stereocenters. The molecule has 246 valence electrons. The van der Waals surface area contributed by atoms with Crippen LogP contribution in [0.1, 0.15) is 62.5 Å². The lowest BCUT2D eigenvalue weighted by atomic mass is 9.97. The number of imidazole rings is 1. The highest BCUT2D eigenvalue weighted by atomic mass is 32.2. The molecule has 0 aliphatic carbocycles. The molecule has 2 saturated heterocycles. The molecule has 2 fully saturated rings. The van der Waals surface area contributed by atoms with E-state index in [0.29, 0.717) is 22.8 Å². The summed E-state index contributed by atoms with van der Waals surface area (Å²) in [7, 11) is 2.99. The van der Waals surface area contributed by atoms with Crippen molar-refractivity contribution in [3.8, 4) is 17.6 Å². The van der Waals surface area contributed by atoms with Crippen LogP contribution in [0.2, 0.25) is 0 Å². The summed E-state index contributed by atoms with van der Waals surface area (Å²) in [5.41, 5.74) is -4.11. The summed E-state index contributed by atoms with van der Waals surface area (Å²) in [5, 5.41) is 8.81. The smallest absolute Gasteiger partial charge is 0.447 e. The Kier molecular flexibility index (Phi) is 9.48. The van der Waals surface area contributed by atoms with Crippen molar-refractivity contribution in [3.05, 3.63) is 41.9 Å². The van der Waals surface area contributed by atoms with Gasteiger partial charge in [0.2, 0.25) is 0 Å². The van der Waals surface area contributed by atoms with Gasteiger partial charge in [-0.2, -0.15) is 13.2 Å². The number of carbonyl (C=O) groups excluding carboxylic acids is 2. The van der Waals surface area contributed by atoms with Crippen molar-refractivity contribution in [2.45, 2.75) is 80.7 Å². The minimum atomic E-state index is -4.59. The zero-order chi connectivity index (χ0) is 33.2. The molecule has 0 radical (unpaired) electrons. The Morgan fingerprint density at radius 2 is 1.91 bits per heavy atom. The van der Waals surface area contributed by atoms with Crippen molar-refractivity contribution in [1.29, 1.82) is 0 Å². The van der Waals surface area contributed by atoms with Gasteiger partial charge in [-0.1, -0.05) is 5.92 Å². The number of hydrogen-bond donors (Lipinski definition) is 3. The maximum Gasteiger partial charge on any atom is 0.447 e. The van der Waals surface area contributed by atoms with Gasteiger partial charge in [0.15, 0.2) is 11.5 Å². The molecule has 2 aliphatic rings. The largest absolute Gasteiger partial charge is 0.495 e. The minimum absolute atomic E-state index is 0.0536. The summed E-state index contributed by atoms with van der Waals surface area (Å²) in [6.45, 7) is 5.54. The molecule has 15 heteroatoms. The van der Waals surface area contributed by atoms with Crippen LogP contribution in [0.4, 0.5) is 29.5 Å². The maximum atomic E-state index is 13.7. The number of hydrogen-bond acceptors (Lipinski definition) is 9. The highest BCUT2D eigenvalue weighted by Gasteiger charge is 2.46. The number of halogens is 3. The molecule has 2 bridgehead atoms. The van der Waals surface area contributed by atoms with Crippen LogP contribution >= 0.6 is 11.8 Å². The van der Waals surface area contributed by atoms with Gasteiger partial charge in [-0.25, -0.2) is 14.8 Å². The van der Waals surface area contributed by atoms with Crippen LogP contribution in [0.15, 0.2) is 35.6 Å². The summed E-state index contributed by atoms with van der Waals surface area (Å²) >= 11 is -0.299. The van der Waals surface area contributed by atoms with Crippen LogP contribution < -0.4 is 20.7 Å². The Morgan fingerprint density at radius 3 is 2.61 bits per heavy atom. The number of carbonyl (C=O) groups is 2. The first-order valence-electron chi connectivity index (χ1n) is 14.8. The van der Waals surface area contributed by atoms with Crippen molar-refractivity contribution in [2.24, 2.45) is 0 Å². The van der Waals surface area contributed by atoms with E-state index in [1.54, 1.807) is 23.1 Å². The van der Waals surface area contributed by atoms with Gasteiger partial charge >= 0.3 is 11.6 Å². The highest BCUT2D eigenvalue weighted by Crippen LogP contribution is 2.41. The van der Waals surface area contributed by atoms with Gasteiger partial charge in [-0.05, 0) is 70.6 Å². The second kappa shape index (κ2) is 13.2. The molecule has 11 nitrogen and oxygen atoms in total. The summed E-state index contributed by atoms with van der Waals surface area (Å²) in [6, 6.07) is 4.59. The molecule has 1 aromatic carbocycles. The number of piperidine rings is 1. The zero-order valence-electron chi connectivity index (χ0n) is 26.1. The number of amides is 2. The molecule has 4 heterocycles. The number of alkyl halides is 3. The lowest BCUT2D eigenvalue weighted by Gasteiger charge is -2.40. The van der Waals surface area contributed by atoms with Gasteiger partial charge in [0.25, 0.3) is 5.91 Å². The Labute approximate surface area is 269 Å². The molecule has 0 unspecified atom stereocenters. The first kappa shape index (κ1) is 33.1. The van der Waals surface area contributed by atoms with Gasteiger partial charge in [-0.3, -0.25) is 9.20 Å². The number of anilines is 2. The average Bonchev–Trinajstić information content (AvgIpc) is 3.51. The van der Waals surface area contributed by atoms with Gasteiger partial charge < -0.3 is 30.3 Å². The molecule has 0 saturated carbocycles. The van der Waals surface area contributed by atoms with Crippen LogP contribution in [0.3, 0.4) is 0 Å². The molecular weight excluding hydrogens is 623 g/mol. The number of nitrogens with zero attached hydrogens (tertiary/aromatic N) is 4. The van der Waals surface area contributed by atoms with E-state index in [1.807, 2.05) is 20.8 Å². The molecular formula is C31H36F3N7O4S. The SMILES string of the molecule is CNC(=O)c1ccc(NCC#Cc2nc3c(N[C@@H]4CC[C@@H]5CC[C@H]4N5C(=O)OC(C)(C)C)nccn3c2SC(F)(F)F)c(OC)c1. The Hall–Kier alpha value is -4.32. The Bertz CT molecular complexity index is 1680. The predicted molar refractivity (Wildman–Crippen MR) is 168 cm³/mol. The predicted octanol–water partition coefficient (Wildman–Crippen LogP) is 5.52. The van der Waals surface area contributed by atoms with E-state index in [2.05, 4.69) is 37.8 Å². The summed E-state index contributed by atoms with van der Waals surface area (Å²) in [6.07, 6.45) is 5.62. The summed E-state index contributed by atoms with van der Waals surface area (Å²) in [4.78, 5) is 35.7. The fourth-order valence-corrected chi connectivity index (χ4v) is 6.49. The van der Waals surface area contributed by atoms with E-state index in [1.165, 1.54) is 31.0 Å². The first-order valence-corrected chi connectivity index (χ1v) is 15.6. The van der Waals surface area contributed by atoms with Crippen LogP contribution in [-0.4, -0.2) is 81.2 Å². The van der Waals surface area contributed by atoms with E-state index in [4.69, 9.17) is 9.47 Å². The summed E-state index contributed by atoms with van der Waals surface area (Å²) in [5.74, 6) is 6.06. The topological polar surface area (TPSA) is 122 Å². The Balaban J connectivity index is 1.39. The molecule has 46 heavy (non-hydrogen) atoms. The van der Waals surface area contributed by atoms with Crippen molar-refractivity contribution >= 4 is 40.9 Å². The van der Waals surface area contributed by atoms with Crippen LogP contribution in [0.5, 0.6) is 5.75 Å². The fraction of sp³-hybridized carbons (Fsp3) is 0.484. The van der Waals surface area contributed by atoms with Crippen LogP contribution in [0.25, 0.3) is 5.65 Å². The fourth-order valence-electron chi connectivity index (χ4n) is 5.83. The van der Waals surface area contributed by atoms with E-state index >= 15 is 0 Å². The minimum Gasteiger partial charge on any atom is -0.495 e. The number of thioether (sulfide) groups is 1. The van der Waals surface area contributed by atoms with E-state index in [-0.39, 0.29) is 64.8 Å². The number of nitrogens with one attached hydrogen (secondary N) is 3. The molecule has 3 N–H and O–H groups in total. The zero-order valence-corrected chi connectivity index (χ0v) is 26.9. The van der Waals surface area contributed by atoms with Crippen LogP contribution in [-0.2, 0) is 4.74 Å². The van der Waals surface area contributed by atoms with E-state index in [0.717, 1.165) is 25.7 Å². The molecule has 5 rings (SSSR count). The number of benzene rings is 1. The standard InChI is InChI=1S/C31H36F3N7O4S/c1-30(2,3)45-29(43)41-19-9-12-20(23(41)13-10-19)38-25-26-39-22(28(46-31(32,33)34)40(26)16-15-37-25)7-6-14-36-21-11-8-18(27(42)35-4)17-24(21)44-5/h8,11,15-17,19-20,23,36H,9-10,12-14H2,1-5H3,(H,35,42)(H,37,38)/t19-,20-,23-/m1/s1. The van der Waals surface area contributed by atoms with Gasteiger partial charge in [0.05, 0.1) is 25.4 Å². The van der Waals surface area contributed by atoms with Gasteiger partial charge in [0, 0.05) is 48.9 Å². The number of aromatic nitrogens is 3. The van der Waals surface area contributed by atoms with Crippen LogP contribution in [0, 0.1) is 11.8 Å². The second-order valence-corrected chi connectivity index (χ2v) is 13.0. The molecule has 2 amide bonds. The normalized spacial score (nSPS) is 19.3. The average molecular weight is 660 g/mol. The van der Waals surface area contributed by atoms with Crippen molar-refractivity contribution < 1.29 is 32.2 Å². The number of rotatable bonds is 7. The molecule has 2 aliphatic heterocycles. The van der Waals surface area contributed by atoms with Crippen molar-refractivity contribution in [2.75, 3.05) is 31.3 Å².